The van der Waals surface area contributed by atoms with Gasteiger partial charge in [0.1, 0.15) is 6.61 Å². The van der Waals surface area contributed by atoms with Gasteiger partial charge in [0.2, 0.25) is 0 Å². The first-order chi connectivity index (χ1) is 10.8. The van der Waals surface area contributed by atoms with Crippen molar-refractivity contribution in [3.05, 3.63) is 71.8 Å². The van der Waals surface area contributed by atoms with Crippen LogP contribution in [0.4, 0.5) is 0 Å². The molecule has 0 saturated heterocycles. The average molecular weight is 294 g/mol. The summed E-state index contributed by atoms with van der Waals surface area (Å²) in [7, 11) is 1.63. The molecule has 0 atom stereocenters. The third kappa shape index (κ3) is 3.05. The molecule has 22 heavy (non-hydrogen) atoms. The molecule has 0 aliphatic carbocycles. The summed E-state index contributed by atoms with van der Waals surface area (Å²) in [4.78, 5) is 0. The van der Waals surface area contributed by atoms with E-state index in [0.29, 0.717) is 12.4 Å². The molecule has 3 rings (SSSR count). The minimum atomic E-state index is 0.0323. The van der Waals surface area contributed by atoms with Crippen molar-refractivity contribution < 1.29 is 14.6 Å². The predicted octanol–water partition coefficient (Wildman–Crippen LogP) is 3.92. The fourth-order valence-corrected chi connectivity index (χ4v) is 2.41. The summed E-state index contributed by atoms with van der Waals surface area (Å²) >= 11 is 0. The SMILES string of the molecule is COc1cc2cc(CO)ccc2cc1OCc1ccccc1. The lowest BCUT2D eigenvalue weighted by Crippen LogP contribution is -1.97. The van der Waals surface area contributed by atoms with Crippen LogP contribution in [0.5, 0.6) is 11.5 Å². The largest absolute Gasteiger partial charge is 0.493 e. The Labute approximate surface area is 129 Å². The quantitative estimate of drug-likeness (QED) is 0.775. The molecule has 0 aliphatic rings. The maximum atomic E-state index is 9.23. The predicted molar refractivity (Wildman–Crippen MR) is 87.2 cm³/mol. The number of aliphatic hydroxyl groups is 1. The van der Waals surface area contributed by atoms with Crippen LogP contribution in [0.3, 0.4) is 0 Å². The Morgan fingerprint density at radius 1 is 0.818 bits per heavy atom. The third-order valence-electron chi connectivity index (χ3n) is 3.61. The van der Waals surface area contributed by atoms with Crippen LogP contribution in [0.1, 0.15) is 11.1 Å². The van der Waals surface area contributed by atoms with E-state index in [1.165, 1.54) is 0 Å². The van der Waals surface area contributed by atoms with Crippen LogP contribution in [-0.4, -0.2) is 12.2 Å². The Morgan fingerprint density at radius 2 is 1.59 bits per heavy atom. The molecule has 0 aliphatic heterocycles. The van der Waals surface area contributed by atoms with Crippen molar-refractivity contribution in [1.29, 1.82) is 0 Å². The number of aliphatic hydroxyl groups excluding tert-OH is 1. The van der Waals surface area contributed by atoms with Gasteiger partial charge in [0.15, 0.2) is 11.5 Å². The normalized spacial score (nSPS) is 10.6. The summed E-state index contributed by atoms with van der Waals surface area (Å²) < 4.78 is 11.3. The van der Waals surface area contributed by atoms with Gasteiger partial charge in [0.05, 0.1) is 13.7 Å². The summed E-state index contributed by atoms with van der Waals surface area (Å²) in [6.45, 7) is 0.530. The average Bonchev–Trinajstić information content (AvgIpc) is 2.59. The molecule has 0 radical (unpaired) electrons. The van der Waals surface area contributed by atoms with Crippen molar-refractivity contribution in [2.75, 3.05) is 7.11 Å². The van der Waals surface area contributed by atoms with E-state index >= 15 is 0 Å². The molecule has 0 fully saturated rings. The molecule has 3 aromatic carbocycles. The van der Waals surface area contributed by atoms with Crippen molar-refractivity contribution >= 4 is 10.8 Å². The van der Waals surface area contributed by atoms with Crippen LogP contribution >= 0.6 is 0 Å². The van der Waals surface area contributed by atoms with Crippen LogP contribution in [-0.2, 0) is 13.2 Å². The van der Waals surface area contributed by atoms with E-state index in [9.17, 15) is 5.11 Å². The summed E-state index contributed by atoms with van der Waals surface area (Å²) in [6.07, 6.45) is 0. The third-order valence-corrected chi connectivity index (χ3v) is 3.61. The van der Waals surface area contributed by atoms with Crippen molar-refractivity contribution in [2.24, 2.45) is 0 Å². The van der Waals surface area contributed by atoms with Crippen LogP contribution in [0, 0.1) is 0 Å². The zero-order chi connectivity index (χ0) is 15.4. The summed E-state index contributed by atoms with van der Waals surface area (Å²) in [5.41, 5.74) is 1.99. The number of benzene rings is 3. The molecule has 0 bridgehead atoms. The van der Waals surface area contributed by atoms with Gasteiger partial charge in [-0.3, -0.25) is 0 Å². The lowest BCUT2D eigenvalue weighted by Gasteiger charge is -2.12. The number of methoxy groups -OCH3 is 1. The van der Waals surface area contributed by atoms with E-state index in [2.05, 4.69) is 0 Å². The second kappa shape index (κ2) is 6.50. The van der Waals surface area contributed by atoms with E-state index in [1.54, 1.807) is 7.11 Å². The van der Waals surface area contributed by atoms with Crippen LogP contribution in [0.25, 0.3) is 10.8 Å². The molecule has 0 unspecified atom stereocenters. The van der Waals surface area contributed by atoms with E-state index < -0.39 is 0 Å². The lowest BCUT2D eigenvalue weighted by atomic mass is 10.1. The highest BCUT2D eigenvalue weighted by Gasteiger charge is 2.08. The number of fused-ring (bicyclic) bond motifs is 1. The van der Waals surface area contributed by atoms with Crippen molar-refractivity contribution in [2.45, 2.75) is 13.2 Å². The summed E-state index contributed by atoms with van der Waals surface area (Å²) in [6, 6.07) is 19.8. The first-order valence-electron chi connectivity index (χ1n) is 7.18. The van der Waals surface area contributed by atoms with Crippen LogP contribution < -0.4 is 9.47 Å². The second-order valence-corrected chi connectivity index (χ2v) is 5.12. The second-order valence-electron chi connectivity index (χ2n) is 5.12. The molecular weight excluding hydrogens is 276 g/mol. The Balaban J connectivity index is 1.91. The Bertz CT molecular complexity index is 766. The van der Waals surface area contributed by atoms with Gasteiger partial charge in [-0.1, -0.05) is 42.5 Å². The molecule has 0 spiro atoms. The lowest BCUT2D eigenvalue weighted by molar-refractivity contribution is 0.282. The molecule has 3 aromatic rings. The van der Waals surface area contributed by atoms with Gasteiger partial charge in [0.25, 0.3) is 0 Å². The van der Waals surface area contributed by atoms with Gasteiger partial charge in [0, 0.05) is 0 Å². The van der Waals surface area contributed by atoms with Gasteiger partial charge in [-0.2, -0.15) is 0 Å². The van der Waals surface area contributed by atoms with Crippen LogP contribution in [0.2, 0.25) is 0 Å². The van der Waals surface area contributed by atoms with Crippen molar-refractivity contribution in [3.63, 3.8) is 0 Å². The molecular formula is C19H18O3. The number of hydrogen-bond acceptors (Lipinski definition) is 3. The highest BCUT2D eigenvalue weighted by molar-refractivity contribution is 5.86. The number of ether oxygens (including phenoxy) is 2. The Morgan fingerprint density at radius 3 is 2.32 bits per heavy atom. The number of hydrogen-bond donors (Lipinski definition) is 1. The first-order valence-corrected chi connectivity index (χ1v) is 7.18. The van der Waals surface area contributed by atoms with E-state index in [0.717, 1.165) is 27.6 Å². The highest BCUT2D eigenvalue weighted by atomic mass is 16.5. The Kier molecular flexibility index (Phi) is 4.26. The molecule has 1 N–H and O–H groups in total. The van der Waals surface area contributed by atoms with Gasteiger partial charge in [-0.15, -0.1) is 0 Å². The zero-order valence-electron chi connectivity index (χ0n) is 12.5. The molecule has 3 heteroatoms. The maximum absolute atomic E-state index is 9.23. The van der Waals surface area contributed by atoms with E-state index in [1.807, 2.05) is 60.7 Å². The monoisotopic (exact) mass is 294 g/mol. The minimum absolute atomic E-state index is 0.0323. The highest BCUT2D eigenvalue weighted by Crippen LogP contribution is 2.33. The fraction of sp³-hybridized carbons (Fsp3) is 0.158. The zero-order valence-corrected chi connectivity index (χ0v) is 12.5. The maximum Gasteiger partial charge on any atom is 0.162 e. The molecule has 0 saturated carbocycles. The molecule has 0 heterocycles. The molecule has 0 aromatic heterocycles. The van der Waals surface area contributed by atoms with Crippen LogP contribution in [0.15, 0.2) is 60.7 Å². The molecule has 3 nitrogen and oxygen atoms in total. The fourth-order valence-electron chi connectivity index (χ4n) is 2.41. The summed E-state index contributed by atoms with van der Waals surface area (Å²) in [5, 5.41) is 11.3. The van der Waals surface area contributed by atoms with E-state index in [-0.39, 0.29) is 6.61 Å². The first kappa shape index (κ1) is 14.4. The Hall–Kier alpha value is -2.52. The standard InChI is InChI=1S/C19H18O3/c1-21-18-11-17-9-15(12-20)7-8-16(17)10-19(18)22-13-14-5-3-2-4-6-14/h2-11,20H,12-13H2,1H3. The summed E-state index contributed by atoms with van der Waals surface area (Å²) in [5.74, 6) is 1.41. The van der Waals surface area contributed by atoms with E-state index in [4.69, 9.17) is 9.47 Å². The number of rotatable bonds is 5. The van der Waals surface area contributed by atoms with Gasteiger partial charge < -0.3 is 14.6 Å². The topological polar surface area (TPSA) is 38.7 Å². The smallest absolute Gasteiger partial charge is 0.162 e. The van der Waals surface area contributed by atoms with Gasteiger partial charge >= 0.3 is 0 Å². The molecule has 112 valence electrons. The minimum Gasteiger partial charge on any atom is -0.493 e. The van der Waals surface area contributed by atoms with Gasteiger partial charge in [-0.25, -0.2) is 0 Å². The van der Waals surface area contributed by atoms with Crippen molar-refractivity contribution in [3.8, 4) is 11.5 Å². The van der Waals surface area contributed by atoms with Gasteiger partial charge in [-0.05, 0) is 40.1 Å². The van der Waals surface area contributed by atoms with Crippen molar-refractivity contribution in [1.82, 2.24) is 0 Å². The molecule has 0 amide bonds.